The van der Waals surface area contributed by atoms with E-state index in [1.54, 1.807) is 0 Å². The Labute approximate surface area is 258 Å². The summed E-state index contributed by atoms with van der Waals surface area (Å²) in [5.74, 6) is 1.85. The minimum Gasteiger partial charge on any atom is -0.491 e. The van der Waals surface area contributed by atoms with Crippen LogP contribution >= 0.6 is 0 Å². The van der Waals surface area contributed by atoms with Crippen molar-refractivity contribution in [2.45, 2.75) is 143 Å². The van der Waals surface area contributed by atoms with Crippen LogP contribution < -0.4 is 9.47 Å². The molecule has 0 fully saturated rings. The van der Waals surface area contributed by atoms with Crippen LogP contribution in [-0.4, -0.2) is 36.6 Å². The molecule has 4 nitrogen and oxygen atoms in total. The molecule has 0 aromatic heterocycles. The summed E-state index contributed by atoms with van der Waals surface area (Å²) >= 11 is 0. The number of ether oxygens (including phenoxy) is 2. The third-order valence-electron chi connectivity index (χ3n) is 8.43. The second-order valence-corrected chi connectivity index (χ2v) is 12.3. The van der Waals surface area contributed by atoms with Crippen LogP contribution in [-0.2, 0) is 12.8 Å². The maximum atomic E-state index is 9.70. The molecule has 0 aliphatic rings. The van der Waals surface area contributed by atoms with E-state index in [1.807, 2.05) is 0 Å². The van der Waals surface area contributed by atoms with Crippen molar-refractivity contribution in [2.24, 2.45) is 0 Å². The normalized spacial score (nSPS) is 12.1. The van der Waals surface area contributed by atoms with E-state index in [4.69, 9.17) is 9.47 Å². The molecular weight excluding hydrogens is 520 g/mol. The van der Waals surface area contributed by atoms with Gasteiger partial charge in [-0.3, -0.25) is 0 Å². The van der Waals surface area contributed by atoms with Crippen LogP contribution in [0, 0.1) is 13.8 Å². The van der Waals surface area contributed by atoms with Crippen LogP contribution in [0.5, 0.6) is 11.5 Å². The fraction of sp³-hybridized carbons (Fsp3) is 0.684. The molecule has 0 bridgehead atoms. The first-order chi connectivity index (χ1) is 20.5. The predicted molar refractivity (Wildman–Crippen MR) is 178 cm³/mol. The molecule has 1 atom stereocenters. The van der Waals surface area contributed by atoms with Gasteiger partial charge >= 0.3 is 0 Å². The molecule has 0 radical (unpaired) electrons. The Hall–Kier alpha value is -2.04. The second-order valence-electron chi connectivity index (χ2n) is 12.3. The smallest absolute Gasteiger partial charge is 0.126 e. The van der Waals surface area contributed by atoms with E-state index in [0.29, 0.717) is 6.61 Å². The van der Waals surface area contributed by atoms with Crippen LogP contribution in [0.4, 0.5) is 0 Å². The van der Waals surface area contributed by atoms with Crippen LogP contribution in [0.3, 0.4) is 0 Å². The van der Waals surface area contributed by atoms with Crippen molar-refractivity contribution in [3.63, 3.8) is 0 Å². The third kappa shape index (κ3) is 12.7. The minimum absolute atomic E-state index is 0.00110. The van der Waals surface area contributed by atoms with Gasteiger partial charge in [-0.05, 0) is 56.2 Å². The summed E-state index contributed by atoms with van der Waals surface area (Å²) in [5.41, 5.74) is 7.27. The lowest BCUT2D eigenvalue weighted by Gasteiger charge is -2.25. The summed E-state index contributed by atoms with van der Waals surface area (Å²) in [5, 5.41) is 19.2. The van der Waals surface area contributed by atoms with Gasteiger partial charge in [0.25, 0.3) is 0 Å². The van der Waals surface area contributed by atoms with Crippen LogP contribution in [0.15, 0.2) is 24.3 Å². The summed E-state index contributed by atoms with van der Waals surface area (Å²) in [6, 6.07) is 9.12. The van der Waals surface area contributed by atoms with E-state index in [9.17, 15) is 10.2 Å². The molecule has 1 unspecified atom stereocenters. The molecule has 0 aliphatic heterocycles. The molecule has 0 spiro atoms. The molecule has 0 saturated heterocycles. The maximum absolute atomic E-state index is 9.70. The monoisotopic (exact) mass is 582 g/mol. The van der Waals surface area contributed by atoms with Crippen molar-refractivity contribution in [1.29, 1.82) is 0 Å². The Morgan fingerprint density at radius 2 is 1.10 bits per heavy atom. The highest BCUT2D eigenvalue weighted by Gasteiger charge is 2.23. The Bertz CT molecular complexity index is 999. The molecule has 0 aliphatic carbocycles. The van der Waals surface area contributed by atoms with Gasteiger partial charge in [0, 0.05) is 17.0 Å². The van der Waals surface area contributed by atoms with Gasteiger partial charge in [-0.15, -0.1) is 0 Å². The van der Waals surface area contributed by atoms with E-state index in [0.717, 1.165) is 41.9 Å². The van der Waals surface area contributed by atoms with Crippen LogP contribution in [0.25, 0.3) is 0 Å². The number of hydrogen-bond donors (Lipinski definition) is 2. The summed E-state index contributed by atoms with van der Waals surface area (Å²) in [6.07, 6.45) is 20.2. The zero-order chi connectivity index (χ0) is 30.6. The third-order valence-corrected chi connectivity index (χ3v) is 8.43. The predicted octanol–water partition coefficient (Wildman–Crippen LogP) is 9.78. The van der Waals surface area contributed by atoms with Crippen LogP contribution in [0.2, 0.25) is 0 Å². The second kappa shape index (κ2) is 21.6. The van der Waals surface area contributed by atoms with E-state index >= 15 is 0 Å². The first kappa shape index (κ1) is 36.2. The zero-order valence-electron chi connectivity index (χ0n) is 27.7. The number of aryl methyl sites for hydroxylation is 4. The molecule has 0 amide bonds. The van der Waals surface area contributed by atoms with Crippen molar-refractivity contribution in [3.8, 4) is 11.5 Å². The number of aliphatic hydroxyl groups excluding tert-OH is 2. The van der Waals surface area contributed by atoms with Gasteiger partial charge in [0.2, 0.25) is 0 Å². The number of aliphatic hydroxyl groups is 2. The summed E-state index contributed by atoms with van der Waals surface area (Å²) in [4.78, 5) is 0. The van der Waals surface area contributed by atoms with Gasteiger partial charge in [0.05, 0.1) is 13.2 Å². The molecular formula is C38H62O4. The van der Waals surface area contributed by atoms with Crippen molar-refractivity contribution in [3.05, 3.63) is 57.6 Å². The lowest BCUT2D eigenvalue weighted by molar-refractivity contribution is 0.197. The van der Waals surface area contributed by atoms with Gasteiger partial charge < -0.3 is 19.7 Å². The maximum Gasteiger partial charge on any atom is 0.126 e. The quantitative estimate of drug-likeness (QED) is 0.121. The van der Waals surface area contributed by atoms with Crippen molar-refractivity contribution in [2.75, 3.05) is 26.4 Å². The average molecular weight is 583 g/mol. The lowest BCUT2D eigenvalue weighted by atomic mass is 9.85. The largest absolute Gasteiger partial charge is 0.491 e. The van der Waals surface area contributed by atoms with E-state index in [1.165, 1.54) is 106 Å². The Morgan fingerprint density at radius 1 is 0.595 bits per heavy atom. The average Bonchev–Trinajstić information content (AvgIpc) is 2.98. The highest BCUT2D eigenvalue weighted by molar-refractivity contribution is 5.54. The topological polar surface area (TPSA) is 58.9 Å². The van der Waals surface area contributed by atoms with Crippen molar-refractivity contribution >= 4 is 0 Å². The molecule has 0 heterocycles. The van der Waals surface area contributed by atoms with E-state index in [-0.39, 0.29) is 25.7 Å². The van der Waals surface area contributed by atoms with Crippen molar-refractivity contribution in [1.82, 2.24) is 0 Å². The minimum atomic E-state index is -0.0114. The number of unbranched alkanes of at least 4 members (excludes halogenated alkanes) is 12. The molecule has 0 saturated carbocycles. The first-order valence-corrected chi connectivity index (χ1v) is 17.2. The van der Waals surface area contributed by atoms with Gasteiger partial charge in [0.1, 0.15) is 24.7 Å². The van der Waals surface area contributed by atoms with Crippen LogP contribution in [0.1, 0.15) is 150 Å². The molecule has 4 heteroatoms. The number of rotatable bonds is 24. The van der Waals surface area contributed by atoms with E-state index in [2.05, 4.69) is 58.9 Å². The summed E-state index contributed by atoms with van der Waals surface area (Å²) < 4.78 is 12.5. The van der Waals surface area contributed by atoms with Gasteiger partial charge in [-0.1, -0.05) is 128 Å². The molecule has 42 heavy (non-hydrogen) atoms. The summed E-state index contributed by atoms with van der Waals surface area (Å²) in [6.45, 7) is 11.6. The molecule has 2 rings (SSSR count). The van der Waals surface area contributed by atoms with Crippen molar-refractivity contribution < 1.29 is 19.7 Å². The fourth-order valence-corrected chi connectivity index (χ4v) is 6.14. The molecule has 2 aromatic rings. The molecule has 238 valence electrons. The van der Waals surface area contributed by atoms with Gasteiger partial charge in [-0.2, -0.15) is 0 Å². The zero-order valence-corrected chi connectivity index (χ0v) is 27.7. The SMILES string of the molecule is CCCCCCCCCc1cc(CCCCCCCCC)c(OCCO)c(C(C)c2cc(C)cc(C)c2OCCO)c1. The summed E-state index contributed by atoms with van der Waals surface area (Å²) in [7, 11) is 0. The standard InChI is InChI=1S/C38H62O4/c1-6-8-10-12-14-16-18-20-33-28-34(21-19-17-15-13-11-9-7-2)38(42-25-23-40)36(29-33)32(5)35-27-30(3)26-31(4)37(35)41-24-22-39/h26-29,32,39-40H,6-25H2,1-5H3. The number of benzene rings is 2. The van der Waals surface area contributed by atoms with Gasteiger partial charge in [-0.25, -0.2) is 0 Å². The molecule has 2 N–H and O–H groups in total. The highest BCUT2D eigenvalue weighted by atomic mass is 16.5. The van der Waals surface area contributed by atoms with Gasteiger partial charge in [0.15, 0.2) is 0 Å². The highest BCUT2D eigenvalue weighted by Crippen LogP contribution is 2.41. The Kier molecular flexibility index (Phi) is 18.6. The molecule has 2 aromatic carbocycles. The Morgan fingerprint density at radius 3 is 1.67 bits per heavy atom. The first-order valence-electron chi connectivity index (χ1n) is 17.2. The van der Waals surface area contributed by atoms with E-state index < -0.39 is 0 Å². The Balaban J connectivity index is 2.39. The fourth-order valence-electron chi connectivity index (χ4n) is 6.14. The lowest BCUT2D eigenvalue weighted by Crippen LogP contribution is -2.12. The number of hydrogen-bond acceptors (Lipinski definition) is 4.